The van der Waals surface area contributed by atoms with E-state index in [1.807, 2.05) is 19.9 Å². The lowest BCUT2D eigenvalue weighted by Gasteiger charge is -2.01. The molecule has 0 unspecified atom stereocenters. The lowest BCUT2D eigenvalue weighted by atomic mass is 10.2. The number of aryl methyl sites for hydroxylation is 2. The Morgan fingerprint density at radius 2 is 2.18 bits per heavy atom. The van der Waals surface area contributed by atoms with Crippen molar-refractivity contribution in [2.24, 2.45) is 0 Å². The van der Waals surface area contributed by atoms with Crippen LogP contribution in [0.5, 0.6) is 0 Å². The first-order valence-electron chi connectivity index (χ1n) is 4.92. The fraction of sp³-hybridized carbons (Fsp3) is 0.167. The van der Waals surface area contributed by atoms with E-state index in [1.54, 1.807) is 12.1 Å². The number of hydrogen-bond donors (Lipinski definition) is 0. The van der Waals surface area contributed by atoms with E-state index in [2.05, 4.69) is 11.1 Å². The molecule has 2 aromatic rings. The highest BCUT2D eigenvalue weighted by atomic mass is 35.5. The van der Waals surface area contributed by atoms with Gasteiger partial charge < -0.3 is 4.42 Å². The zero-order valence-corrected chi connectivity index (χ0v) is 10.9. The van der Waals surface area contributed by atoms with Gasteiger partial charge in [-0.15, -0.1) is 0 Å². The van der Waals surface area contributed by atoms with Crippen LogP contribution < -0.4 is 0 Å². The minimum Gasteiger partial charge on any atom is -0.436 e. The van der Waals surface area contributed by atoms with Crippen LogP contribution >= 0.6 is 23.4 Å². The van der Waals surface area contributed by atoms with E-state index in [9.17, 15) is 0 Å². The molecule has 0 amide bonds. The number of rotatable bonds is 2. The average Bonchev–Trinajstić information content (AvgIpc) is 2.58. The highest BCUT2D eigenvalue weighted by Gasteiger charge is 2.12. The van der Waals surface area contributed by atoms with Gasteiger partial charge in [0.1, 0.15) is 11.8 Å². The molecule has 3 nitrogen and oxygen atoms in total. The standard InChI is InChI=1S/C12H9ClN2OS/c1-7-8(2)16-12(15-7)17-11-5-3-4-10(13)9(11)6-14/h3-5H,1-2H3. The van der Waals surface area contributed by atoms with E-state index < -0.39 is 0 Å². The predicted molar refractivity (Wildman–Crippen MR) is 66.3 cm³/mol. The maximum Gasteiger partial charge on any atom is 0.261 e. The molecular formula is C12H9ClN2OS. The molecule has 0 aliphatic carbocycles. The second-order valence-electron chi connectivity index (χ2n) is 3.45. The molecule has 0 aliphatic heterocycles. The summed E-state index contributed by atoms with van der Waals surface area (Å²) in [5, 5.41) is 10.0. The SMILES string of the molecule is Cc1nc(Sc2cccc(Cl)c2C#N)oc1C. The summed E-state index contributed by atoms with van der Waals surface area (Å²) in [7, 11) is 0. The Balaban J connectivity index is 2.37. The van der Waals surface area contributed by atoms with E-state index in [1.165, 1.54) is 11.8 Å². The van der Waals surface area contributed by atoms with Crippen LogP contribution in [0.25, 0.3) is 0 Å². The van der Waals surface area contributed by atoms with Gasteiger partial charge in [0.2, 0.25) is 0 Å². The van der Waals surface area contributed by atoms with Crippen LogP contribution in [0.4, 0.5) is 0 Å². The summed E-state index contributed by atoms with van der Waals surface area (Å²) in [6.07, 6.45) is 0. The molecule has 17 heavy (non-hydrogen) atoms. The van der Waals surface area contributed by atoms with Crippen LogP contribution in [0.3, 0.4) is 0 Å². The quantitative estimate of drug-likeness (QED) is 0.824. The Kier molecular flexibility index (Phi) is 3.41. The van der Waals surface area contributed by atoms with E-state index in [4.69, 9.17) is 21.3 Å². The fourth-order valence-electron chi connectivity index (χ4n) is 1.28. The van der Waals surface area contributed by atoms with Gasteiger partial charge >= 0.3 is 0 Å². The van der Waals surface area contributed by atoms with Gasteiger partial charge in [-0.3, -0.25) is 0 Å². The van der Waals surface area contributed by atoms with E-state index in [-0.39, 0.29) is 0 Å². The van der Waals surface area contributed by atoms with Crippen molar-refractivity contribution >= 4 is 23.4 Å². The van der Waals surface area contributed by atoms with Gasteiger partial charge in [0.15, 0.2) is 0 Å². The Hall–Kier alpha value is -1.44. The Bertz CT molecular complexity index is 582. The molecule has 0 fully saturated rings. The van der Waals surface area contributed by atoms with E-state index >= 15 is 0 Å². The van der Waals surface area contributed by atoms with Crippen LogP contribution in [0, 0.1) is 25.2 Å². The zero-order valence-electron chi connectivity index (χ0n) is 9.32. The maximum atomic E-state index is 9.04. The van der Waals surface area contributed by atoms with Crippen LogP contribution in [-0.4, -0.2) is 4.98 Å². The summed E-state index contributed by atoms with van der Waals surface area (Å²) in [4.78, 5) is 5.01. The van der Waals surface area contributed by atoms with Gasteiger partial charge in [-0.25, -0.2) is 4.98 Å². The molecule has 5 heteroatoms. The Labute approximate surface area is 108 Å². The van der Waals surface area contributed by atoms with Crippen molar-refractivity contribution in [2.75, 3.05) is 0 Å². The first-order valence-corrected chi connectivity index (χ1v) is 6.11. The van der Waals surface area contributed by atoms with Crippen LogP contribution in [-0.2, 0) is 0 Å². The third-order valence-corrected chi connectivity index (χ3v) is 3.52. The van der Waals surface area contributed by atoms with Gasteiger partial charge in [0.05, 0.1) is 16.3 Å². The number of oxazole rings is 1. The lowest BCUT2D eigenvalue weighted by Crippen LogP contribution is -1.83. The average molecular weight is 265 g/mol. The molecule has 0 saturated carbocycles. The molecule has 0 bridgehead atoms. The minimum absolute atomic E-state index is 0.442. The minimum atomic E-state index is 0.442. The second kappa shape index (κ2) is 4.82. The molecule has 1 aromatic carbocycles. The molecule has 2 rings (SSSR count). The van der Waals surface area contributed by atoms with Crippen molar-refractivity contribution in [3.8, 4) is 6.07 Å². The summed E-state index contributed by atoms with van der Waals surface area (Å²) in [6.45, 7) is 3.74. The van der Waals surface area contributed by atoms with Crippen molar-refractivity contribution in [1.29, 1.82) is 5.26 Å². The smallest absolute Gasteiger partial charge is 0.261 e. The number of nitriles is 1. The summed E-state index contributed by atoms with van der Waals surface area (Å²) in [5.41, 5.74) is 1.31. The Morgan fingerprint density at radius 3 is 2.76 bits per heavy atom. The normalized spacial score (nSPS) is 10.2. The largest absolute Gasteiger partial charge is 0.436 e. The van der Waals surface area contributed by atoms with Crippen LogP contribution in [0.1, 0.15) is 17.0 Å². The molecule has 0 saturated heterocycles. The number of hydrogen-bond acceptors (Lipinski definition) is 4. The zero-order chi connectivity index (χ0) is 12.4. The number of benzene rings is 1. The van der Waals surface area contributed by atoms with Crippen molar-refractivity contribution in [3.05, 3.63) is 40.2 Å². The van der Waals surface area contributed by atoms with Gasteiger partial charge in [-0.2, -0.15) is 5.26 Å². The molecule has 1 heterocycles. The molecule has 0 radical (unpaired) electrons. The van der Waals surface area contributed by atoms with Gasteiger partial charge in [0, 0.05) is 4.90 Å². The fourth-order valence-corrected chi connectivity index (χ4v) is 2.49. The maximum absolute atomic E-state index is 9.04. The highest BCUT2D eigenvalue weighted by Crippen LogP contribution is 2.33. The topological polar surface area (TPSA) is 49.8 Å². The molecular weight excluding hydrogens is 256 g/mol. The lowest BCUT2D eigenvalue weighted by molar-refractivity contribution is 0.431. The van der Waals surface area contributed by atoms with Crippen molar-refractivity contribution in [1.82, 2.24) is 4.98 Å². The Morgan fingerprint density at radius 1 is 1.41 bits per heavy atom. The summed E-state index contributed by atoms with van der Waals surface area (Å²) in [5.74, 6) is 0.785. The monoisotopic (exact) mass is 264 g/mol. The summed E-state index contributed by atoms with van der Waals surface area (Å²) >= 11 is 7.25. The number of nitrogens with zero attached hydrogens (tertiary/aromatic N) is 2. The van der Waals surface area contributed by atoms with Crippen molar-refractivity contribution in [3.63, 3.8) is 0 Å². The first kappa shape index (κ1) is 12.0. The highest BCUT2D eigenvalue weighted by molar-refractivity contribution is 7.99. The van der Waals surface area contributed by atoms with Crippen LogP contribution in [0.15, 0.2) is 32.7 Å². The third kappa shape index (κ3) is 2.46. The predicted octanol–water partition coefficient (Wildman–Crippen LogP) is 3.97. The number of halogens is 1. The molecule has 86 valence electrons. The molecule has 0 N–H and O–H groups in total. The van der Waals surface area contributed by atoms with Gasteiger partial charge in [-0.1, -0.05) is 17.7 Å². The second-order valence-corrected chi connectivity index (χ2v) is 4.85. The third-order valence-electron chi connectivity index (χ3n) is 2.29. The van der Waals surface area contributed by atoms with Crippen molar-refractivity contribution in [2.45, 2.75) is 24.0 Å². The van der Waals surface area contributed by atoms with Gasteiger partial charge in [0.25, 0.3) is 5.22 Å². The first-order chi connectivity index (χ1) is 8.11. The van der Waals surface area contributed by atoms with E-state index in [0.29, 0.717) is 15.8 Å². The summed E-state index contributed by atoms with van der Waals surface area (Å²) < 4.78 is 5.46. The van der Waals surface area contributed by atoms with Gasteiger partial charge in [-0.05, 0) is 37.7 Å². The van der Waals surface area contributed by atoms with Crippen LogP contribution in [0.2, 0.25) is 5.02 Å². The number of aromatic nitrogens is 1. The van der Waals surface area contributed by atoms with E-state index in [0.717, 1.165) is 16.3 Å². The summed E-state index contributed by atoms with van der Waals surface area (Å²) in [6, 6.07) is 7.40. The molecule has 0 aliphatic rings. The van der Waals surface area contributed by atoms with Crippen molar-refractivity contribution < 1.29 is 4.42 Å². The molecule has 1 aromatic heterocycles. The molecule has 0 spiro atoms. The molecule has 0 atom stereocenters.